The molecule has 0 atom stereocenters. The van der Waals surface area contributed by atoms with Gasteiger partial charge in [0.15, 0.2) is 0 Å². The molecule has 3 nitrogen and oxygen atoms in total. The van der Waals surface area contributed by atoms with E-state index in [0.717, 1.165) is 17.8 Å². The summed E-state index contributed by atoms with van der Waals surface area (Å²) in [5.41, 5.74) is 1.09. The molecule has 0 aliphatic rings. The fourth-order valence-electron chi connectivity index (χ4n) is 1.98. The highest BCUT2D eigenvalue weighted by Crippen LogP contribution is 2.13. The SMILES string of the molecule is OCCN(Cc1ccccn1)Cc1cc(F)ccc1F. The molecule has 0 aliphatic heterocycles. The lowest BCUT2D eigenvalue weighted by molar-refractivity contribution is 0.181. The normalized spacial score (nSPS) is 11.0. The molecule has 106 valence electrons. The van der Waals surface area contributed by atoms with Crippen molar-refractivity contribution in [3.05, 3.63) is 65.5 Å². The Labute approximate surface area is 116 Å². The van der Waals surface area contributed by atoms with Crippen molar-refractivity contribution in [3.8, 4) is 0 Å². The molecular weight excluding hydrogens is 262 g/mol. The maximum Gasteiger partial charge on any atom is 0.127 e. The molecule has 0 saturated carbocycles. The van der Waals surface area contributed by atoms with Crippen LogP contribution in [0.2, 0.25) is 0 Å². The summed E-state index contributed by atoms with van der Waals surface area (Å²) in [5.74, 6) is -0.918. The van der Waals surface area contributed by atoms with Gasteiger partial charge in [-0.25, -0.2) is 8.78 Å². The number of aromatic nitrogens is 1. The van der Waals surface area contributed by atoms with Crippen molar-refractivity contribution in [2.24, 2.45) is 0 Å². The van der Waals surface area contributed by atoms with E-state index in [4.69, 9.17) is 5.11 Å². The third-order valence-electron chi connectivity index (χ3n) is 2.93. The van der Waals surface area contributed by atoms with Crippen molar-refractivity contribution < 1.29 is 13.9 Å². The van der Waals surface area contributed by atoms with Gasteiger partial charge in [0.1, 0.15) is 11.6 Å². The molecule has 20 heavy (non-hydrogen) atoms. The van der Waals surface area contributed by atoms with Gasteiger partial charge in [0.2, 0.25) is 0 Å². The molecule has 0 amide bonds. The third-order valence-corrected chi connectivity index (χ3v) is 2.93. The zero-order valence-corrected chi connectivity index (χ0v) is 11.0. The van der Waals surface area contributed by atoms with Crippen LogP contribution in [0.25, 0.3) is 0 Å². The molecule has 1 N–H and O–H groups in total. The summed E-state index contributed by atoms with van der Waals surface area (Å²) < 4.78 is 26.8. The molecule has 1 aromatic heterocycles. The van der Waals surface area contributed by atoms with Crippen LogP contribution in [0.5, 0.6) is 0 Å². The molecule has 0 unspecified atom stereocenters. The van der Waals surface area contributed by atoms with Crippen molar-refractivity contribution in [1.29, 1.82) is 0 Å². The van der Waals surface area contributed by atoms with E-state index in [0.29, 0.717) is 13.1 Å². The maximum atomic E-state index is 13.6. The number of halogens is 2. The number of pyridine rings is 1. The Morgan fingerprint density at radius 1 is 1.10 bits per heavy atom. The Bertz CT molecular complexity index is 549. The van der Waals surface area contributed by atoms with Gasteiger partial charge in [-0.05, 0) is 30.3 Å². The molecule has 0 radical (unpaired) electrons. The van der Waals surface area contributed by atoms with E-state index in [1.54, 1.807) is 6.20 Å². The zero-order chi connectivity index (χ0) is 14.4. The molecule has 0 saturated heterocycles. The molecule has 5 heteroatoms. The minimum Gasteiger partial charge on any atom is -0.395 e. The molecule has 1 heterocycles. The summed E-state index contributed by atoms with van der Waals surface area (Å²) in [4.78, 5) is 6.01. The van der Waals surface area contributed by atoms with E-state index in [-0.39, 0.29) is 18.7 Å². The summed E-state index contributed by atoms with van der Waals surface area (Å²) in [6.07, 6.45) is 1.68. The van der Waals surface area contributed by atoms with Crippen LogP contribution in [0.15, 0.2) is 42.6 Å². The summed E-state index contributed by atoms with van der Waals surface area (Å²) in [6, 6.07) is 8.91. The van der Waals surface area contributed by atoms with Crippen LogP contribution in [0, 0.1) is 11.6 Å². The van der Waals surface area contributed by atoms with Gasteiger partial charge < -0.3 is 5.11 Å². The molecule has 2 aromatic rings. The number of aliphatic hydroxyl groups is 1. The number of aliphatic hydroxyl groups excluding tert-OH is 1. The second-order valence-electron chi connectivity index (χ2n) is 4.49. The van der Waals surface area contributed by atoms with E-state index in [9.17, 15) is 8.78 Å². The highest BCUT2D eigenvalue weighted by molar-refractivity contribution is 5.18. The van der Waals surface area contributed by atoms with Crippen LogP contribution in [0.4, 0.5) is 8.78 Å². The van der Waals surface area contributed by atoms with Gasteiger partial charge in [-0.15, -0.1) is 0 Å². The minimum atomic E-state index is -0.469. The monoisotopic (exact) mass is 278 g/mol. The van der Waals surface area contributed by atoms with Gasteiger partial charge in [0.05, 0.1) is 12.3 Å². The lowest BCUT2D eigenvalue weighted by atomic mass is 10.2. The molecule has 0 fully saturated rings. The number of nitrogens with zero attached hydrogens (tertiary/aromatic N) is 2. The number of hydrogen-bond acceptors (Lipinski definition) is 3. The second-order valence-corrected chi connectivity index (χ2v) is 4.49. The number of hydrogen-bond donors (Lipinski definition) is 1. The van der Waals surface area contributed by atoms with Crippen molar-refractivity contribution in [2.45, 2.75) is 13.1 Å². The van der Waals surface area contributed by atoms with E-state index >= 15 is 0 Å². The first-order chi connectivity index (χ1) is 9.69. The predicted octanol–water partition coefficient (Wildman–Crippen LogP) is 2.35. The fraction of sp³-hybridized carbons (Fsp3) is 0.267. The Morgan fingerprint density at radius 2 is 1.95 bits per heavy atom. The van der Waals surface area contributed by atoms with E-state index in [1.165, 1.54) is 6.07 Å². The zero-order valence-electron chi connectivity index (χ0n) is 11.0. The molecule has 0 bridgehead atoms. The minimum absolute atomic E-state index is 0.0518. The first kappa shape index (κ1) is 14.6. The van der Waals surface area contributed by atoms with Crippen molar-refractivity contribution in [2.75, 3.05) is 13.2 Å². The fourth-order valence-corrected chi connectivity index (χ4v) is 1.98. The number of rotatable bonds is 6. The third kappa shape index (κ3) is 4.08. The summed E-state index contributed by atoms with van der Waals surface area (Å²) in [5, 5.41) is 9.09. The van der Waals surface area contributed by atoms with Crippen molar-refractivity contribution in [1.82, 2.24) is 9.88 Å². The highest BCUT2D eigenvalue weighted by atomic mass is 19.1. The van der Waals surface area contributed by atoms with Gasteiger partial charge in [-0.3, -0.25) is 9.88 Å². The summed E-state index contributed by atoms with van der Waals surface area (Å²) in [6.45, 7) is 1.01. The molecule has 1 aromatic carbocycles. The van der Waals surface area contributed by atoms with E-state index < -0.39 is 11.6 Å². The Kier molecular flexibility index (Phi) is 5.15. The Morgan fingerprint density at radius 3 is 2.65 bits per heavy atom. The summed E-state index contributed by atoms with van der Waals surface area (Å²) >= 11 is 0. The molecule has 0 aliphatic carbocycles. The van der Waals surface area contributed by atoms with Crippen molar-refractivity contribution in [3.63, 3.8) is 0 Å². The maximum absolute atomic E-state index is 13.6. The standard InChI is InChI=1S/C15H16F2N2O/c16-13-4-5-15(17)12(9-13)10-19(7-8-20)11-14-3-1-2-6-18-14/h1-6,9,20H,7-8,10-11H2. The van der Waals surface area contributed by atoms with Crippen LogP contribution in [-0.2, 0) is 13.1 Å². The van der Waals surface area contributed by atoms with Gasteiger partial charge in [0, 0.05) is 31.4 Å². The smallest absolute Gasteiger partial charge is 0.127 e. The van der Waals surface area contributed by atoms with E-state index in [1.807, 2.05) is 23.1 Å². The topological polar surface area (TPSA) is 36.4 Å². The van der Waals surface area contributed by atoms with Crippen LogP contribution in [0.3, 0.4) is 0 Å². The van der Waals surface area contributed by atoms with E-state index in [2.05, 4.69) is 4.98 Å². The van der Waals surface area contributed by atoms with Crippen molar-refractivity contribution >= 4 is 0 Å². The van der Waals surface area contributed by atoms with Gasteiger partial charge in [-0.1, -0.05) is 6.07 Å². The lowest BCUT2D eigenvalue weighted by Crippen LogP contribution is -2.27. The van der Waals surface area contributed by atoms with Crippen LogP contribution in [0.1, 0.15) is 11.3 Å². The van der Waals surface area contributed by atoms with Crippen LogP contribution >= 0.6 is 0 Å². The molecular formula is C15H16F2N2O. The lowest BCUT2D eigenvalue weighted by Gasteiger charge is -2.21. The van der Waals surface area contributed by atoms with Gasteiger partial charge in [0.25, 0.3) is 0 Å². The summed E-state index contributed by atoms with van der Waals surface area (Å²) in [7, 11) is 0. The quantitative estimate of drug-likeness (QED) is 0.881. The first-order valence-electron chi connectivity index (χ1n) is 6.36. The largest absolute Gasteiger partial charge is 0.395 e. The first-order valence-corrected chi connectivity index (χ1v) is 6.36. The van der Waals surface area contributed by atoms with Crippen LogP contribution < -0.4 is 0 Å². The second kappa shape index (κ2) is 7.07. The van der Waals surface area contributed by atoms with Gasteiger partial charge in [-0.2, -0.15) is 0 Å². The molecule has 0 spiro atoms. The molecule has 2 rings (SSSR count). The van der Waals surface area contributed by atoms with Crippen LogP contribution in [-0.4, -0.2) is 28.1 Å². The average molecular weight is 278 g/mol. The average Bonchev–Trinajstić information content (AvgIpc) is 2.44. The Hall–Kier alpha value is -1.85. The predicted molar refractivity (Wildman–Crippen MR) is 71.8 cm³/mol. The van der Waals surface area contributed by atoms with Gasteiger partial charge >= 0.3 is 0 Å². The number of benzene rings is 1. The highest BCUT2D eigenvalue weighted by Gasteiger charge is 2.11. The Balaban J connectivity index is 2.11.